The van der Waals surface area contributed by atoms with E-state index in [-0.39, 0.29) is 0 Å². The number of hydrogen-bond donors (Lipinski definition) is 0. The molecule has 2 heterocycles. The molecule has 0 aromatic carbocycles. The summed E-state index contributed by atoms with van der Waals surface area (Å²) in [6.45, 7) is 20.2. The van der Waals surface area contributed by atoms with Gasteiger partial charge in [0.15, 0.2) is 0 Å². The molecule has 2 heteroatoms. The number of hydrogen-bond acceptors (Lipinski definition) is 2. The molecule has 0 bridgehead atoms. The largest absolute Gasteiger partial charge is 0.302 e. The average Bonchev–Trinajstić information content (AvgIpc) is 2.84. The van der Waals surface area contributed by atoms with E-state index in [1.807, 2.05) is 0 Å². The highest BCUT2D eigenvalue weighted by molar-refractivity contribution is 5.07. The van der Waals surface area contributed by atoms with Crippen molar-refractivity contribution in [3.8, 4) is 0 Å². The molecule has 1 saturated carbocycles. The fraction of sp³-hybridized carbons (Fsp3) is 0.900. The Labute approximate surface area is 137 Å². The number of allylic oxidation sites excluding steroid dienone is 1. The molecule has 126 valence electrons. The number of likely N-dealkylation sites (tertiary alicyclic amines) is 2. The first-order valence-corrected chi connectivity index (χ1v) is 9.60. The first-order valence-electron chi connectivity index (χ1n) is 9.60. The van der Waals surface area contributed by atoms with E-state index >= 15 is 0 Å². The van der Waals surface area contributed by atoms with Gasteiger partial charge in [0.25, 0.3) is 0 Å². The maximum absolute atomic E-state index is 4.09. The molecule has 3 rings (SSSR count). The van der Waals surface area contributed by atoms with Crippen LogP contribution in [0.15, 0.2) is 12.2 Å². The molecule has 2 nitrogen and oxygen atoms in total. The maximum atomic E-state index is 4.09. The molecule has 3 unspecified atom stereocenters. The Bertz CT molecular complexity index is 391. The lowest BCUT2D eigenvalue weighted by Crippen LogP contribution is -2.33. The summed E-state index contributed by atoms with van der Waals surface area (Å²) in [5.41, 5.74) is 1.36. The minimum Gasteiger partial charge on any atom is -0.302 e. The quantitative estimate of drug-likeness (QED) is 0.658. The Morgan fingerprint density at radius 2 is 1.73 bits per heavy atom. The molecule has 5 atom stereocenters. The minimum atomic E-state index is 0.747. The second kappa shape index (κ2) is 6.65. The van der Waals surface area contributed by atoms with Gasteiger partial charge < -0.3 is 9.80 Å². The predicted molar refractivity (Wildman–Crippen MR) is 94.9 cm³/mol. The van der Waals surface area contributed by atoms with Crippen LogP contribution in [-0.2, 0) is 0 Å². The summed E-state index contributed by atoms with van der Waals surface area (Å²) in [5, 5.41) is 0. The highest BCUT2D eigenvalue weighted by atomic mass is 15.2. The maximum Gasteiger partial charge on any atom is 0.00388 e. The second-order valence-electron chi connectivity index (χ2n) is 8.68. The van der Waals surface area contributed by atoms with Gasteiger partial charge >= 0.3 is 0 Å². The van der Waals surface area contributed by atoms with Crippen molar-refractivity contribution in [2.75, 3.05) is 32.7 Å². The van der Waals surface area contributed by atoms with Crippen LogP contribution in [-0.4, -0.2) is 48.6 Å². The van der Waals surface area contributed by atoms with E-state index in [0.717, 1.165) is 35.6 Å². The van der Waals surface area contributed by atoms with Gasteiger partial charge in [0.1, 0.15) is 0 Å². The third-order valence-corrected chi connectivity index (χ3v) is 6.72. The van der Waals surface area contributed by atoms with E-state index in [0.29, 0.717) is 0 Å². The SMILES string of the molecule is C=C(C)CCC1CN(CC2[C@H]3CN(C(C)C)C[C@@H]23)CC1CC. The first kappa shape index (κ1) is 16.5. The summed E-state index contributed by atoms with van der Waals surface area (Å²) < 4.78 is 0. The zero-order valence-corrected chi connectivity index (χ0v) is 15.2. The van der Waals surface area contributed by atoms with E-state index in [1.54, 1.807) is 0 Å². The molecule has 0 spiro atoms. The summed E-state index contributed by atoms with van der Waals surface area (Å²) >= 11 is 0. The fourth-order valence-electron chi connectivity index (χ4n) is 5.08. The van der Waals surface area contributed by atoms with E-state index in [2.05, 4.69) is 44.1 Å². The topological polar surface area (TPSA) is 6.48 Å². The monoisotopic (exact) mass is 304 g/mol. The molecule has 3 aliphatic rings. The zero-order chi connectivity index (χ0) is 15.9. The normalized spacial score (nSPS) is 38.7. The molecule has 0 N–H and O–H groups in total. The molecule has 2 saturated heterocycles. The molecule has 0 aromatic heterocycles. The lowest BCUT2D eigenvalue weighted by Gasteiger charge is -2.25. The van der Waals surface area contributed by atoms with Gasteiger partial charge in [0, 0.05) is 38.8 Å². The van der Waals surface area contributed by atoms with E-state index < -0.39 is 0 Å². The third kappa shape index (κ3) is 3.43. The van der Waals surface area contributed by atoms with E-state index in [9.17, 15) is 0 Å². The van der Waals surface area contributed by atoms with Crippen molar-refractivity contribution in [2.24, 2.45) is 29.6 Å². The lowest BCUT2D eigenvalue weighted by atomic mass is 9.89. The molecule has 22 heavy (non-hydrogen) atoms. The lowest BCUT2D eigenvalue weighted by molar-refractivity contribution is 0.212. The zero-order valence-electron chi connectivity index (χ0n) is 15.2. The predicted octanol–water partition coefficient (Wildman–Crippen LogP) is 3.89. The minimum absolute atomic E-state index is 0.747. The van der Waals surface area contributed by atoms with Gasteiger partial charge in [-0.2, -0.15) is 0 Å². The van der Waals surface area contributed by atoms with Crippen LogP contribution in [0.2, 0.25) is 0 Å². The number of piperidine rings is 1. The van der Waals surface area contributed by atoms with Gasteiger partial charge in [0.2, 0.25) is 0 Å². The number of rotatable bonds is 7. The molecule has 0 amide bonds. The molecule has 2 aliphatic heterocycles. The van der Waals surface area contributed by atoms with Crippen LogP contribution in [0.4, 0.5) is 0 Å². The summed E-state index contributed by atoms with van der Waals surface area (Å²) in [6, 6.07) is 0.747. The smallest absolute Gasteiger partial charge is 0.00388 e. The van der Waals surface area contributed by atoms with Gasteiger partial charge in [-0.05, 0) is 63.2 Å². The standard InChI is InChI=1S/C20H36N2/c1-6-16-9-21(10-17(16)8-7-14(2)3)11-18-19-12-22(15(4)5)13-20(18)19/h15-20H,2,6-13H2,1,3-5H3/t16?,17?,18?,19-,20+. The van der Waals surface area contributed by atoms with Crippen LogP contribution in [0, 0.1) is 29.6 Å². The van der Waals surface area contributed by atoms with Crippen molar-refractivity contribution in [3.63, 3.8) is 0 Å². The molecule has 1 aliphatic carbocycles. The van der Waals surface area contributed by atoms with Gasteiger partial charge in [-0.3, -0.25) is 0 Å². The van der Waals surface area contributed by atoms with E-state index in [1.165, 1.54) is 57.6 Å². The fourth-order valence-corrected chi connectivity index (χ4v) is 5.08. The Morgan fingerprint density at radius 3 is 2.27 bits per heavy atom. The second-order valence-corrected chi connectivity index (χ2v) is 8.68. The van der Waals surface area contributed by atoms with Gasteiger partial charge in [-0.15, -0.1) is 6.58 Å². The number of nitrogens with zero attached hydrogens (tertiary/aromatic N) is 2. The Balaban J connectivity index is 1.44. The van der Waals surface area contributed by atoms with Gasteiger partial charge in [-0.1, -0.05) is 18.9 Å². The highest BCUT2D eigenvalue weighted by Gasteiger charge is 2.56. The van der Waals surface area contributed by atoms with Gasteiger partial charge in [0.05, 0.1) is 0 Å². The van der Waals surface area contributed by atoms with Crippen LogP contribution in [0.1, 0.15) is 47.0 Å². The van der Waals surface area contributed by atoms with Crippen molar-refractivity contribution in [1.82, 2.24) is 9.80 Å². The third-order valence-electron chi connectivity index (χ3n) is 6.72. The van der Waals surface area contributed by atoms with E-state index in [4.69, 9.17) is 0 Å². The van der Waals surface area contributed by atoms with Gasteiger partial charge in [-0.25, -0.2) is 0 Å². The summed E-state index contributed by atoms with van der Waals surface area (Å²) in [6.07, 6.45) is 3.95. The van der Waals surface area contributed by atoms with Crippen LogP contribution in [0.25, 0.3) is 0 Å². The average molecular weight is 305 g/mol. The Hall–Kier alpha value is -0.340. The van der Waals surface area contributed by atoms with Crippen molar-refractivity contribution >= 4 is 0 Å². The van der Waals surface area contributed by atoms with Crippen molar-refractivity contribution in [1.29, 1.82) is 0 Å². The van der Waals surface area contributed by atoms with Crippen molar-refractivity contribution in [3.05, 3.63) is 12.2 Å². The molecule has 0 aromatic rings. The van der Waals surface area contributed by atoms with Crippen molar-refractivity contribution < 1.29 is 0 Å². The molecule has 0 radical (unpaired) electrons. The van der Waals surface area contributed by atoms with Crippen LogP contribution < -0.4 is 0 Å². The first-order chi connectivity index (χ1) is 10.5. The summed E-state index contributed by atoms with van der Waals surface area (Å²) in [4.78, 5) is 5.49. The number of fused-ring (bicyclic) bond motifs is 1. The Morgan fingerprint density at radius 1 is 1.09 bits per heavy atom. The van der Waals surface area contributed by atoms with Crippen molar-refractivity contribution in [2.45, 2.75) is 53.0 Å². The summed E-state index contributed by atoms with van der Waals surface area (Å²) in [5.74, 6) is 4.93. The molecular formula is C20H36N2. The Kier molecular flexibility index (Phi) is 4.99. The molecular weight excluding hydrogens is 268 g/mol. The van der Waals surface area contributed by atoms with Crippen LogP contribution in [0.5, 0.6) is 0 Å². The van der Waals surface area contributed by atoms with Crippen LogP contribution >= 0.6 is 0 Å². The molecule has 3 fully saturated rings. The highest BCUT2D eigenvalue weighted by Crippen LogP contribution is 2.52. The van der Waals surface area contributed by atoms with Crippen LogP contribution in [0.3, 0.4) is 0 Å². The summed E-state index contributed by atoms with van der Waals surface area (Å²) in [7, 11) is 0.